The first-order valence-corrected chi connectivity index (χ1v) is 17.7. The molecule has 1 unspecified atom stereocenters. The molecule has 0 N–H and O–H groups in total. The Morgan fingerprint density at radius 3 is 2.03 bits per heavy atom. The second-order valence-electron chi connectivity index (χ2n) is 10.6. The average Bonchev–Trinajstić information content (AvgIpc) is 2.82. The van der Waals surface area contributed by atoms with Gasteiger partial charge in [0.25, 0.3) is 0 Å². The molecule has 8 nitrogen and oxygen atoms in total. The van der Waals surface area contributed by atoms with Crippen molar-refractivity contribution in [2.45, 2.75) is 91.4 Å². The second-order valence-corrected chi connectivity index (χ2v) is 17.7. The molecule has 0 saturated carbocycles. The molecule has 0 heterocycles. The maximum absolute atomic E-state index is 13.7. The van der Waals surface area contributed by atoms with Gasteiger partial charge < -0.3 is 27.7 Å². The van der Waals surface area contributed by atoms with Crippen LogP contribution in [0.4, 0.5) is 0 Å². The van der Waals surface area contributed by atoms with Gasteiger partial charge >= 0.3 is 13.6 Å². The standard InChI is InChI=1S/C27H49O8PSi/c1-11-31-26(28)25(36(29,33-12-2)34-13-3)18-21(4)24(20-35-37(9,10)27(5,6)7)32-19-22-14-16-23(30-8)17-15-22/h14-17,21,24-25H,11-13,18-20H2,1-10H3/t21-,24+,25?/m0/s1. The fourth-order valence-electron chi connectivity index (χ4n) is 3.48. The van der Waals surface area contributed by atoms with Gasteiger partial charge in [0, 0.05) is 0 Å². The van der Waals surface area contributed by atoms with Gasteiger partial charge in [-0.1, -0.05) is 39.8 Å². The maximum Gasteiger partial charge on any atom is 0.344 e. The summed E-state index contributed by atoms with van der Waals surface area (Å²) in [6.07, 6.45) is -0.144. The van der Waals surface area contributed by atoms with Crippen LogP contribution in [0.25, 0.3) is 0 Å². The minimum Gasteiger partial charge on any atom is -0.497 e. The van der Waals surface area contributed by atoms with Gasteiger partial charge in [-0.25, -0.2) is 0 Å². The van der Waals surface area contributed by atoms with E-state index in [1.165, 1.54) is 0 Å². The van der Waals surface area contributed by atoms with Crippen LogP contribution in [0.1, 0.15) is 60.5 Å². The van der Waals surface area contributed by atoms with E-state index in [1.54, 1.807) is 27.9 Å². The molecule has 0 aliphatic rings. The number of hydrogen-bond acceptors (Lipinski definition) is 8. The molecule has 0 bridgehead atoms. The molecular weight excluding hydrogens is 511 g/mol. The molecule has 10 heteroatoms. The molecule has 0 aliphatic carbocycles. The monoisotopic (exact) mass is 560 g/mol. The number of ether oxygens (including phenoxy) is 3. The number of methoxy groups -OCH3 is 1. The van der Waals surface area contributed by atoms with Gasteiger partial charge in [0.1, 0.15) is 5.75 Å². The van der Waals surface area contributed by atoms with Crippen LogP contribution in [-0.2, 0) is 38.9 Å². The first kappa shape index (κ1) is 33.8. The lowest BCUT2D eigenvalue weighted by molar-refractivity contribution is -0.143. The van der Waals surface area contributed by atoms with Crippen molar-refractivity contribution in [1.29, 1.82) is 0 Å². The van der Waals surface area contributed by atoms with Crippen LogP contribution in [-0.4, -0.2) is 59.6 Å². The second kappa shape index (κ2) is 15.4. The van der Waals surface area contributed by atoms with Crippen LogP contribution in [0.3, 0.4) is 0 Å². The summed E-state index contributed by atoms with van der Waals surface area (Å²) in [6.45, 7) is 19.3. The lowest BCUT2D eigenvalue weighted by Crippen LogP contribution is -2.44. The third kappa shape index (κ3) is 10.5. The van der Waals surface area contributed by atoms with Crippen LogP contribution in [0, 0.1) is 5.92 Å². The van der Waals surface area contributed by atoms with E-state index in [4.69, 9.17) is 27.7 Å². The van der Waals surface area contributed by atoms with Crippen LogP contribution in [0.2, 0.25) is 18.1 Å². The number of rotatable bonds is 17. The Balaban J connectivity index is 3.21. The molecule has 1 rings (SSSR count). The molecular formula is C27H49O8PSi. The van der Waals surface area contributed by atoms with Gasteiger partial charge in [-0.05, 0) is 68.9 Å². The average molecular weight is 561 g/mol. The van der Waals surface area contributed by atoms with E-state index < -0.39 is 27.5 Å². The molecule has 1 aromatic rings. The van der Waals surface area contributed by atoms with E-state index in [2.05, 4.69) is 33.9 Å². The highest BCUT2D eigenvalue weighted by Crippen LogP contribution is 2.55. The molecule has 214 valence electrons. The molecule has 0 radical (unpaired) electrons. The van der Waals surface area contributed by atoms with Crippen molar-refractivity contribution in [3.8, 4) is 5.75 Å². The lowest BCUT2D eigenvalue weighted by Gasteiger charge is -2.38. The van der Waals surface area contributed by atoms with E-state index in [-0.39, 0.29) is 43.3 Å². The van der Waals surface area contributed by atoms with E-state index in [1.807, 2.05) is 31.2 Å². The molecule has 0 aromatic heterocycles. The summed E-state index contributed by atoms with van der Waals surface area (Å²) >= 11 is 0. The van der Waals surface area contributed by atoms with Crippen LogP contribution >= 0.6 is 7.60 Å². The zero-order valence-corrected chi connectivity index (χ0v) is 26.4. The van der Waals surface area contributed by atoms with Gasteiger partial charge in [0.15, 0.2) is 14.0 Å². The van der Waals surface area contributed by atoms with E-state index >= 15 is 0 Å². The summed E-state index contributed by atoms with van der Waals surface area (Å²) in [5, 5.41) is 0.0316. The van der Waals surface area contributed by atoms with E-state index in [9.17, 15) is 9.36 Å². The Morgan fingerprint density at radius 2 is 1.57 bits per heavy atom. The van der Waals surface area contributed by atoms with Crippen molar-refractivity contribution in [2.75, 3.05) is 33.5 Å². The quantitative estimate of drug-likeness (QED) is 0.116. The van der Waals surface area contributed by atoms with Crippen LogP contribution in [0.15, 0.2) is 24.3 Å². The third-order valence-corrected chi connectivity index (χ3v) is 13.7. The zero-order valence-electron chi connectivity index (χ0n) is 24.5. The Morgan fingerprint density at radius 1 is 1.00 bits per heavy atom. The maximum atomic E-state index is 13.7. The SMILES string of the molecule is CCOC(=O)C(C[C@H](C)[C@@H](CO[Si](C)(C)C(C)(C)C)OCc1ccc(OC)cc1)P(=O)(OCC)OCC. The molecule has 3 atom stereocenters. The Labute approximate surface area is 225 Å². The minimum atomic E-state index is -3.75. The molecule has 0 fully saturated rings. The van der Waals surface area contributed by atoms with Crippen molar-refractivity contribution in [2.24, 2.45) is 5.92 Å². The van der Waals surface area contributed by atoms with Crippen LogP contribution in [0.5, 0.6) is 5.75 Å². The first-order valence-electron chi connectivity index (χ1n) is 13.2. The first-order chi connectivity index (χ1) is 17.2. The highest BCUT2D eigenvalue weighted by atomic mass is 31.2. The predicted molar refractivity (Wildman–Crippen MR) is 150 cm³/mol. The highest BCUT2D eigenvalue weighted by molar-refractivity contribution is 7.55. The summed E-state index contributed by atoms with van der Waals surface area (Å²) in [4.78, 5) is 13.0. The van der Waals surface area contributed by atoms with Crippen molar-refractivity contribution in [3.05, 3.63) is 29.8 Å². The fraction of sp³-hybridized carbons (Fsp3) is 0.741. The molecule has 0 aliphatic heterocycles. The van der Waals surface area contributed by atoms with Gasteiger partial charge in [-0.3, -0.25) is 9.36 Å². The normalized spacial score (nSPS) is 15.2. The smallest absolute Gasteiger partial charge is 0.344 e. The number of carbonyl (C=O) groups is 1. The molecule has 1 aromatic carbocycles. The van der Waals surface area contributed by atoms with Gasteiger partial charge in [-0.2, -0.15) is 0 Å². The van der Waals surface area contributed by atoms with Crippen molar-refractivity contribution in [1.82, 2.24) is 0 Å². The fourth-order valence-corrected chi connectivity index (χ4v) is 6.57. The predicted octanol–water partition coefficient (Wildman–Crippen LogP) is 6.83. The van der Waals surface area contributed by atoms with Crippen molar-refractivity contribution in [3.63, 3.8) is 0 Å². The lowest BCUT2D eigenvalue weighted by atomic mass is 9.99. The number of esters is 1. The Kier molecular flexibility index (Phi) is 14.1. The van der Waals surface area contributed by atoms with Crippen LogP contribution < -0.4 is 4.74 Å². The van der Waals surface area contributed by atoms with Gasteiger partial charge in [-0.15, -0.1) is 0 Å². The minimum absolute atomic E-state index is 0.0316. The van der Waals surface area contributed by atoms with E-state index in [0.717, 1.165) is 11.3 Å². The van der Waals surface area contributed by atoms with Crippen molar-refractivity contribution >= 4 is 21.9 Å². The number of carbonyl (C=O) groups excluding carboxylic acids is 1. The van der Waals surface area contributed by atoms with E-state index in [0.29, 0.717) is 13.2 Å². The number of hydrogen-bond donors (Lipinski definition) is 0. The molecule has 37 heavy (non-hydrogen) atoms. The Bertz CT molecular complexity index is 843. The summed E-state index contributed by atoms with van der Waals surface area (Å²) in [7, 11) is -4.18. The van der Waals surface area contributed by atoms with Gasteiger partial charge in [0.05, 0.1) is 46.2 Å². The zero-order chi connectivity index (χ0) is 28.3. The van der Waals surface area contributed by atoms with Gasteiger partial charge in [0.2, 0.25) is 0 Å². The number of benzene rings is 1. The third-order valence-electron chi connectivity index (χ3n) is 6.83. The summed E-state index contributed by atoms with van der Waals surface area (Å²) in [5.74, 6) is -0.0136. The van der Waals surface area contributed by atoms with Crippen molar-refractivity contribution < 1.29 is 37.0 Å². The highest BCUT2D eigenvalue weighted by Gasteiger charge is 2.44. The topological polar surface area (TPSA) is 89.5 Å². The molecule has 0 spiro atoms. The molecule has 0 saturated heterocycles. The Hall–Kier alpha value is -1.22. The summed E-state index contributed by atoms with van der Waals surface area (Å²) < 4.78 is 48.2. The molecule has 0 amide bonds. The summed E-state index contributed by atoms with van der Waals surface area (Å²) in [5.41, 5.74) is -0.0659. The largest absolute Gasteiger partial charge is 0.497 e. The summed E-state index contributed by atoms with van der Waals surface area (Å²) in [6, 6.07) is 7.69.